The number of benzene rings is 7. The fourth-order valence-corrected chi connectivity index (χ4v) is 7.78. The SMILES string of the molecule is Cc1cc2c(c(C)c1-c1nc(-c3ccccc3)nc(-c3ccc(-c4ccncc4)cc3)n1)c1ccccc1c1ccc3c4ccccc4oc3c12. The molecule has 0 radical (unpaired) electrons. The summed E-state index contributed by atoms with van der Waals surface area (Å²) >= 11 is 0. The van der Waals surface area contributed by atoms with E-state index in [2.05, 4.69) is 97.7 Å². The highest BCUT2D eigenvalue weighted by Crippen LogP contribution is 2.45. The number of fused-ring (bicyclic) bond motifs is 10. The summed E-state index contributed by atoms with van der Waals surface area (Å²) in [5, 5.41) is 9.28. The number of hydrogen-bond acceptors (Lipinski definition) is 5. The van der Waals surface area contributed by atoms with Gasteiger partial charge in [0.05, 0.1) is 0 Å². The molecular weight excluding hydrogens is 625 g/mol. The lowest BCUT2D eigenvalue weighted by atomic mass is 9.87. The highest BCUT2D eigenvalue weighted by atomic mass is 16.3. The van der Waals surface area contributed by atoms with Crippen LogP contribution in [0, 0.1) is 13.8 Å². The number of nitrogens with zero attached hydrogens (tertiary/aromatic N) is 4. The van der Waals surface area contributed by atoms with Gasteiger partial charge < -0.3 is 4.42 Å². The molecule has 0 N–H and O–H groups in total. The molecule has 0 aliphatic heterocycles. The Balaban J connectivity index is 1.25. The second-order valence-electron chi connectivity index (χ2n) is 13.1. The molecular formula is C46H30N4O. The first kappa shape index (κ1) is 29.2. The number of pyridine rings is 1. The van der Waals surface area contributed by atoms with Crippen molar-refractivity contribution in [3.8, 4) is 45.3 Å². The van der Waals surface area contributed by atoms with Crippen LogP contribution in [-0.2, 0) is 0 Å². The maximum Gasteiger partial charge on any atom is 0.164 e. The third-order valence-electron chi connectivity index (χ3n) is 10.1. The van der Waals surface area contributed by atoms with Gasteiger partial charge in [0, 0.05) is 45.2 Å². The van der Waals surface area contributed by atoms with Crippen LogP contribution in [-0.4, -0.2) is 19.9 Å². The van der Waals surface area contributed by atoms with Gasteiger partial charge in [-0.2, -0.15) is 0 Å². The predicted octanol–water partition coefficient (Wildman–Crippen LogP) is 11.9. The van der Waals surface area contributed by atoms with Gasteiger partial charge in [-0.1, -0.05) is 103 Å². The molecule has 3 aromatic heterocycles. The number of aromatic nitrogens is 4. The smallest absolute Gasteiger partial charge is 0.164 e. The first-order chi connectivity index (χ1) is 25.1. The average Bonchev–Trinajstić information content (AvgIpc) is 3.57. The van der Waals surface area contributed by atoms with Crippen LogP contribution in [0.4, 0.5) is 0 Å². The Bertz CT molecular complexity index is 2970. The lowest BCUT2D eigenvalue weighted by molar-refractivity contribution is 0.673. The van der Waals surface area contributed by atoms with E-state index in [1.54, 1.807) is 0 Å². The predicted molar refractivity (Wildman–Crippen MR) is 209 cm³/mol. The van der Waals surface area contributed by atoms with Crippen molar-refractivity contribution in [2.45, 2.75) is 13.8 Å². The normalized spacial score (nSPS) is 11.7. The summed E-state index contributed by atoms with van der Waals surface area (Å²) in [6, 6.07) is 46.3. The zero-order valence-corrected chi connectivity index (χ0v) is 28.1. The molecule has 51 heavy (non-hydrogen) atoms. The van der Waals surface area contributed by atoms with Crippen molar-refractivity contribution in [2.75, 3.05) is 0 Å². The molecule has 0 saturated carbocycles. The second kappa shape index (κ2) is 11.4. The van der Waals surface area contributed by atoms with E-state index in [0.717, 1.165) is 71.7 Å². The third kappa shape index (κ3) is 4.62. The molecule has 10 rings (SSSR count). The summed E-state index contributed by atoms with van der Waals surface area (Å²) in [4.78, 5) is 19.6. The van der Waals surface area contributed by atoms with E-state index in [0.29, 0.717) is 17.5 Å². The number of aryl methyl sites for hydroxylation is 2. The van der Waals surface area contributed by atoms with Crippen molar-refractivity contribution in [2.24, 2.45) is 0 Å². The Hall–Kier alpha value is -6.72. The monoisotopic (exact) mass is 654 g/mol. The summed E-state index contributed by atoms with van der Waals surface area (Å²) < 4.78 is 6.65. The molecule has 0 atom stereocenters. The number of rotatable bonds is 4. The second-order valence-corrected chi connectivity index (χ2v) is 13.1. The molecule has 240 valence electrons. The zero-order valence-electron chi connectivity index (χ0n) is 28.1. The van der Waals surface area contributed by atoms with Gasteiger partial charge in [-0.05, 0) is 93.4 Å². The van der Waals surface area contributed by atoms with Gasteiger partial charge in [-0.25, -0.2) is 15.0 Å². The summed E-state index contributed by atoms with van der Waals surface area (Å²) in [7, 11) is 0. The molecule has 0 spiro atoms. The highest BCUT2D eigenvalue weighted by Gasteiger charge is 2.22. The third-order valence-corrected chi connectivity index (χ3v) is 10.1. The van der Waals surface area contributed by atoms with Gasteiger partial charge in [0.15, 0.2) is 17.5 Å². The molecule has 0 bridgehead atoms. The van der Waals surface area contributed by atoms with Crippen LogP contribution in [0.3, 0.4) is 0 Å². The molecule has 5 nitrogen and oxygen atoms in total. The molecule has 0 saturated heterocycles. The molecule has 7 aromatic carbocycles. The topological polar surface area (TPSA) is 64.7 Å². The molecule has 5 heteroatoms. The number of hydrogen-bond donors (Lipinski definition) is 0. The van der Waals surface area contributed by atoms with E-state index in [4.69, 9.17) is 19.4 Å². The van der Waals surface area contributed by atoms with E-state index < -0.39 is 0 Å². The maximum atomic E-state index is 6.65. The molecule has 3 heterocycles. The summed E-state index contributed by atoms with van der Waals surface area (Å²) in [5.41, 5.74) is 9.13. The number of para-hydroxylation sites is 1. The van der Waals surface area contributed by atoms with Crippen LogP contribution in [0.25, 0.3) is 99.5 Å². The van der Waals surface area contributed by atoms with E-state index in [1.165, 1.54) is 21.5 Å². The Labute approximate surface area is 293 Å². The molecule has 0 unspecified atom stereocenters. The van der Waals surface area contributed by atoms with Gasteiger partial charge in [0.1, 0.15) is 11.2 Å². The summed E-state index contributed by atoms with van der Waals surface area (Å²) in [6.45, 7) is 4.37. The van der Waals surface area contributed by atoms with Gasteiger partial charge in [0.25, 0.3) is 0 Å². The van der Waals surface area contributed by atoms with E-state index >= 15 is 0 Å². The molecule has 0 amide bonds. The van der Waals surface area contributed by atoms with Crippen molar-refractivity contribution in [1.82, 2.24) is 19.9 Å². The van der Waals surface area contributed by atoms with Gasteiger partial charge in [-0.3, -0.25) is 4.98 Å². The fraction of sp³-hybridized carbons (Fsp3) is 0.0435. The minimum Gasteiger partial charge on any atom is -0.455 e. The standard InChI is InChI=1S/C46H30N4O/c1-27-26-38-41(35-14-7-6-12-33(35)36-20-21-37-34-13-8-9-15-39(34)51-43(37)42(36)38)28(2)40(27)46-49-44(31-10-4-3-5-11-31)48-45(50-46)32-18-16-29(17-19-32)30-22-24-47-25-23-30/h3-26H,1-2H3. The van der Waals surface area contributed by atoms with Crippen LogP contribution in [0.2, 0.25) is 0 Å². The minimum atomic E-state index is 0.631. The molecule has 0 aliphatic rings. The highest BCUT2D eigenvalue weighted by molar-refractivity contribution is 6.33. The first-order valence-electron chi connectivity index (χ1n) is 17.1. The van der Waals surface area contributed by atoms with Crippen LogP contribution >= 0.6 is 0 Å². The fourth-order valence-electron chi connectivity index (χ4n) is 7.78. The Morgan fingerprint density at radius 3 is 1.76 bits per heavy atom. The Kier molecular flexibility index (Phi) is 6.55. The Morgan fingerprint density at radius 1 is 0.431 bits per heavy atom. The maximum absolute atomic E-state index is 6.65. The van der Waals surface area contributed by atoms with Crippen molar-refractivity contribution in [1.29, 1.82) is 0 Å². The van der Waals surface area contributed by atoms with Crippen molar-refractivity contribution in [3.63, 3.8) is 0 Å². The van der Waals surface area contributed by atoms with Crippen molar-refractivity contribution >= 4 is 54.3 Å². The largest absolute Gasteiger partial charge is 0.455 e. The molecule has 10 aromatic rings. The van der Waals surface area contributed by atoms with Crippen molar-refractivity contribution < 1.29 is 4.42 Å². The summed E-state index contributed by atoms with van der Waals surface area (Å²) in [5.74, 6) is 1.92. The minimum absolute atomic E-state index is 0.631. The quantitative estimate of drug-likeness (QED) is 0.177. The lowest BCUT2D eigenvalue weighted by Gasteiger charge is -2.18. The van der Waals surface area contributed by atoms with Crippen LogP contribution < -0.4 is 0 Å². The summed E-state index contributed by atoms with van der Waals surface area (Å²) in [6.07, 6.45) is 3.63. The van der Waals surface area contributed by atoms with Gasteiger partial charge >= 0.3 is 0 Å². The van der Waals surface area contributed by atoms with Gasteiger partial charge in [0.2, 0.25) is 0 Å². The van der Waals surface area contributed by atoms with E-state index in [9.17, 15) is 0 Å². The first-order valence-corrected chi connectivity index (χ1v) is 17.1. The lowest BCUT2D eigenvalue weighted by Crippen LogP contribution is -2.03. The number of furan rings is 1. The van der Waals surface area contributed by atoms with E-state index in [-0.39, 0.29) is 0 Å². The van der Waals surface area contributed by atoms with Gasteiger partial charge in [-0.15, -0.1) is 0 Å². The molecule has 0 fully saturated rings. The van der Waals surface area contributed by atoms with Crippen LogP contribution in [0.15, 0.2) is 150 Å². The molecule has 0 aliphatic carbocycles. The van der Waals surface area contributed by atoms with E-state index in [1.807, 2.05) is 67.0 Å². The van der Waals surface area contributed by atoms with Crippen molar-refractivity contribution in [3.05, 3.63) is 157 Å². The Morgan fingerprint density at radius 2 is 1.00 bits per heavy atom. The van der Waals surface area contributed by atoms with Crippen LogP contribution in [0.5, 0.6) is 0 Å². The average molecular weight is 655 g/mol. The zero-order chi connectivity index (χ0) is 34.1. The van der Waals surface area contributed by atoms with Crippen LogP contribution in [0.1, 0.15) is 11.1 Å².